The van der Waals surface area contributed by atoms with Gasteiger partial charge in [0, 0.05) is 29.3 Å². The van der Waals surface area contributed by atoms with Crippen LogP contribution in [-0.2, 0) is 22.4 Å². The highest BCUT2D eigenvalue weighted by molar-refractivity contribution is 5.97. The molecule has 0 spiro atoms. The van der Waals surface area contributed by atoms with Crippen LogP contribution in [0, 0.1) is 10.1 Å². The van der Waals surface area contributed by atoms with E-state index in [4.69, 9.17) is 25.4 Å². The molecule has 0 aliphatic heterocycles. The second kappa shape index (κ2) is 14.4. The normalized spacial score (nSPS) is 9.76. The number of carboxylic acids is 2. The first kappa shape index (κ1) is 30.0. The molecule has 0 aliphatic carbocycles. The average Bonchev–Trinajstić information content (AvgIpc) is 2.84. The fourth-order valence-electron chi connectivity index (χ4n) is 2.99. The molecular weight excluding hydrogens is 488 g/mol. The number of esters is 1. The highest BCUT2D eigenvalue weighted by Crippen LogP contribution is 2.31. The lowest BCUT2D eigenvalue weighted by molar-refractivity contribution is -0.384. The van der Waals surface area contributed by atoms with Crippen molar-refractivity contribution >= 4 is 29.5 Å². The number of nitro groups is 1. The number of non-ortho nitro benzene ring substituents is 1. The third-order valence-electron chi connectivity index (χ3n) is 4.67. The number of hydrogen-bond acceptors (Lipinski definition) is 8. The van der Waals surface area contributed by atoms with Gasteiger partial charge in [0.15, 0.2) is 0 Å². The molecule has 0 aliphatic rings. The number of amides is 1. The van der Waals surface area contributed by atoms with Crippen LogP contribution in [0.1, 0.15) is 44.7 Å². The van der Waals surface area contributed by atoms with Gasteiger partial charge in [-0.3, -0.25) is 24.5 Å². The molecule has 2 aromatic carbocycles. The van der Waals surface area contributed by atoms with Crippen LogP contribution in [0.15, 0.2) is 55.6 Å². The summed E-state index contributed by atoms with van der Waals surface area (Å²) >= 11 is 0. The second-order valence-corrected chi connectivity index (χ2v) is 7.28. The molecule has 2 rings (SSSR count). The maximum Gasteiger partial charge on any atom is 0.343 e. The SMILES string of the molecule is C=CCc1cc([N+](=O)[O-])ccc1C(=O)Oc1cc(OC)cc(C(N)=O)c1CC=C.O=C(O)CCC(=O)O. The van der Waals surface area contributed by atoms with Crippen LogP contribution >= 0.6 is 0 Å². The van der Waals surface area contributed by atoms with Crippen LogP contribution in [0.4, 0.5) is 5.69 Å². The molecular formula is C25H26N2O10. The lowest BCUT2D eigenvalue weighted by Gasteiger charge is -2.15. The van der Waals surface area contributed by atoms with Gasteiger partial charge in [-0.15, -0.1) is 13.2 Å². The van der Waals surface area contributed by atoms with Crippen molar-refractivity contribution in [2.75, 3.05) is 7.11 Å². The minimum Gasteiger partial charge on any atom is -0.497 e. The Hall–Kier alpha value is -5.00. The molecule has 0 saturated heterocycles. The molecule has 2 aromatic rings. The summed E-state index contributed by atoms with van der Waals surface area (Å²) in [6.07, 6.45) is 2.93. The highest BCUT2D eigenvalue weighted by Gasteiger charge is 2.21. The number of rotatable bonds is 12. The minimum atomic E-state index is -1.08. The Bertz CT molecular complexity index is 1210. The van der Waals surface area contributed by atoms with Crippen molar-refractivity contribution in [2.45, 2.75) is 25.7 Å². The van der Waals surface area contributed by atoms with E-state index < -0.39 is 28.7 Å². The van der Waals surface area contributed by atoms with Crippen molar-refractivity contribution in [2.24, 2.45) is 5.73 Å². The molecule has 0 unspecified atom stereocenters. The number of carbonyl (C=O) groups is 4. The van der Waals surface area contributed by atoms with Gasteiger partial charge in [-0.2, -0.15) is 0 Å². The molecule has 196 valence electrons. The van der Waals surface area contributed by atoms with E-state index in [1.165, 1.54) is 43.5 Å². The van der Waals surface area contributed by atoms with Gasteiger partial charge in [-0.25, -0.2) is 4.79 Å². The second-order valence-electron chi connectivity index (χ2n) is 7.28. The molecule has 0 radical (unpaired) electrons. The van der Waals surface area contributed by atoms with E-state index in [1.54, 1.807) is 6.08 Å². The predicted molar refractivity (Wildman–Crippen MR) is 132 cm³/mol. The summed E-state index contributed by atoms with van der Waals surface area (Å²) in [5.41, 5.74) is 6.35. The third-order valence-corrected chi connectivity index (χ3v) is 4.67. The van der Waals surface area contributed by atoms with Gasteiger partial charge < -0.3 is 25.4 Å². The number of aliphatic carboxylic acids is 2. The van der Waals surface area contributed by atoms with E-state index in [0.717, 1.165) is 0 Å². The number of nitro benzene ring substituents is 1. The number of benzene rings is 2. The molecule has 37 heavy (non-hydrogen) atoms. The standard InChI is InChI=1S/C21H20N2O6.C4H6O4/c1-4-6-13-10-14(23(26)27)8-9-16(13)21(25)29-19-12-15(28-3)11-18(20(22)24)17(19)7-5-2;5-3(6)1-2-4(7)8/h4-5,8-12H,1-2,6-7H2,3H3,(H2,22,24);1-2H2,(H,5,6)(H,7,8). The number of allylic oxidation sites excluding steroid dienone is 2. The summed E-state index contributed by atoms with van der Waals surface area (Å²) in [5.74, 6) is -3.23. The molecule has 0 fully saturated rings. The Morgan fingerprint density at radius 3 is 2.05 bits per heavy atom. The monoisotopic (exact) mass is 514 g/mol. The Morgan fingerprint density at radius 1 is 1.00 bits per heavy atom. The van der Waals surface area contributed by atoms with Crippen LogP contribution in [0.2, 0.25) is 0 Å². The number of methoxy groups -OCH3 is 1. The van der Waals surface area contributed by atoms with E-state index in [-0.39, 0.29) is 54.0 Å². The van der Waals surface area contributed by atoms with Crippen LogP contribution in [-0.4, -0.2) is 46.1 Å². The van der Waals surface area contributed by atoms with Crippen molar-refractivity contribution in [3.8, 4) is 11.5 Å². The van der Waals surface area contributed by atoms with E-state index in [0.29, 0.717) is 11.1 Å². The minimum absolute atomic E-state index is 0.0888. The number of ether oxygens (including phenoxy) is 2. The number of nitrogens with two attached hydrogens (primary N) is 1. The lowest BCUT2D eigenvalue weighted by Crippen LogP contribution is -2.17. The first-order chi connectivity index (χ1) is 17.4. The smallest absolute Gasteiger partial charge is 0.343 e. The van der Waals surface area contributed by atoms with Crippen LogP contribution < -0.4 is 15.2 Å². The van der Waals surface area contributed by atoms with Crippen LogP contribution in [0.25, 0.3) is 0 Å². The fraction of sp³-hybridized carbons (Fsp3) is 0.200. The predicted octanol–water partition coefficient (Wildman–Crippen LogP) is 3.31. The Labute approximate surface area is 211 Å². The van der Waals surface area contributed by atoms with Gasteiger partial charge in [0.05, 0.1) is 30.4 Å². The van der Waals surface area contributed by atoms with Gasteiger partial charge >= 0.3 is 17.9 Å². The van der Waals surface area contributed by atoms with Gasteiger partial charge in [-0.05, 0) is 30.5 Å². The third kappa shape index (κ3) is 9.28. The largest absolute Gasteiger partial charge is 0.497 e. The van der Waals surface area contributed by atoms with Crippen molar-refractivity contribution in [3.63, 3.8) is 0 Å². The van der Waals surface area contributed by atoms with Crippen LogP contribution in [0.3, 0.4) is 0 Å². The van der Waals surface area contributed by atoms with Crippen molar-refractivity contribution in [1.82, 2.24) is 0 Å². The summed E-state index contributed by atoms with van der Waals surface area (Å²) in [5, 5.41) is 26.8. The fourth-order valence-corrected chi connectivity index (χ4v) is 2.99. The molecule has 0 saturated carbocycles. The summed E-state index contributed by atoms with van der Waals surface area (Å²) < 4.78 is 10.7. The summed E-state index contributed by atoms with van der Waals surface area (Å²) in [6, 6.07) is 6.74. The van der Waals surface area contributed by atoms with Crippen LogP contribution in [0.5, 0.6) is 11.5 Å². The number of carbonyl (C=O) groups excluding carboxylic acids is 2. The number of nitrogens with zero attached hydrogens (tertiary/aromatic N) is 1. The van der Waals surface area contributed by atoms with E-state index in [2.05, 4.69) is 13.2 Å². The molecule has 4 N–H and O–H groups in total. The molecule has 0 atom stereocenters. The van der Waals surface area contributed by atoms with Gasteiger partial charge in [0.25, 0.3) is 5.69 Å². The Morgan fingerprint density at radius 2 is 1.59 bits per heavy atom. The maximum atomic E-state index is 12.8. The summed E-state index contributed by atoms with van der Waals surface area (Å²) in [6.45, 7) is 7.25. The Kier molecular flexibility index (Phi) is 11.7. The molecule has 1 amide bonds. The number of carboxylic acid groups (broad SMARTS) is 2. The van der Waals surface area contributed by atoms with Gasteiger partial charge in [0.1, 0.15) is 11.5 Å². The first-order valence-corrected chi connectivity index (χ1v) is 10.6. The molecule has 0 heterocycles. The topological polar surface area (TPSA) is 196 Å². The van der Waals surface area contributed by atoms with E-state index >= 15 is 0 Å². The summed E-state index contributed by atoms with van der Waals surface area (Å²) in [7, 11) is 1.40. The average molecular weight is 514 g/mol. The molecule has 0 bridgehead atoms. The molecule has 0 aromatic heterocycles. The quantitative estimate of drug-likeness (QED) is 0.124. The van der Waals surface area contributed by atoms with Gasteiger partial charge in [-0.1, -0.05) is 12.2 Å². The van der Waals surface area contributed by atoms with E-state index in [1.807, 2.05) is 0 Å². The molecule has 12 heteroatoms. The zero-order valence-corrected chi connectivity index (χ0v) is 20.0. The van der Waals surface area contributed by atoms with E-state index in [9.17, 15) is 29.3 Å². The van der Waals surface area contributed by atoms with Crippen molar-refractivity contribution < 1.29 is 43.8 Å². The zero-order chi connectivity index (χ0) is 28.1. The zero-order valence-electron chi connectivity index (χ0n) is 20.0. The van der Waals surface area contributed by atoms with Gasteiger partial charge in [0.2, 0.25) is 5.91 Å². The Balaban J connectivity index is 0.000000738. The number of primary amides is 1. The summed E-state index contributed by atoms with van der Waals surface area (Å²) in [4.78, 5) is 54.4. The highest BCUT2D eigenvalue weighted by atomic mass is 16.6. The first-order valence-electron chi connectivity index (χ1n) is 10.6. The van der Waals surface area contributed by atoms with Crippen molar-refractivity contribution in [3.05, 3.63) is 88.0 Å². The number of hydrogen-bond donors (Lipinski definition) is 3. The maximum absolute atomic E-state index is 12.8. The molecule has 12 nitrogen and oxygen atoms in total. The lowest BCUT2D eigenvalue weighted by atomic mass is 10.0. The van der Waals surface area contributed by atoms with Crippen molar-refractivity contribution in [1.29, 1.82) is 0 Å².